The summed E-state index contributed by atoms with van der Waals surface area (Å²) < 4.78 is 26.9. The smallest absolute Gasteiger partial charge is 0.370 e. The van der Waals surface area contributed by atoms with Crippen LogP contribution in [0.5, 0.6) is 0 Å². The van der Waals surface area contributed by atoms with Gasteiger partial charge in [0.2, 0.25) is 0 Å². The summed E-state index contributed by atoms with van der Waals surface area (Å²) >= 11 is 5.32. The van der Waals surface area contributed by atoms with Crippen molar-refractivity contribution in [2.45, 2.75) is 6.92 Å². The molecule has 1 heterocycles. The molecule has 7 heteroatoms. The zero-order chi connectivity index (χ0) is 8.65. The Hall–Kier alpha value is -0.750. The van der Waals surface area contributed by atoms with Gasteiger partial charge in [0.05, 0.1) is 0 Å². The molecule has 0 saturated heterocycles. The zero-order valence-electron chi connectivity index (χ0n) is 5.42. The third-order valence-electron chi connectivity index (χ3n) is 0.961. The number of allylic oxidation sites excluding steroid dienone is 1. The van der Waals surface area contributed by atoms with Crippen LogP contribution in [-0.4, -0.2) is 14.3 Å². The predicted molar refractivity (Wildman–Crippen MR) is 36.7 cm³/mol. The van der Waals surface area contributed by atoms with E-state index < -0.39 is 16.2 Å². The molecule has 62 valence electrons. The van der Waals surface area contributed by atoms with E-state index >= 15 is 0 Å². The molecule has 0 aromatic heterocycles. The van der Waals surface area contributed by atoms with E-state index in [2.05, 4.69) is 4.18 Å². The molecule has 0 aliphatic carbocycles. The second-order valence-electron chi connectivity index (χ2n) is 1.84. The van der Waals surface area contributed by atoms with Crippen molar-refractivity contribution in [3.63, 3.8) is 0 Å². The Labute approximate surface area is 68.2 Å². The van der Waals surface area contributed by atoms with Crippen molar-refractivity contribution in [2.75, 3.05) is 0 Å². The lowest BCUT2D eigenvalue weighted by molar-refractivity contribution is -0.115. The minimum atomic E-state index is -3.96. The fraction of sp³-hybridized carbons (Fsp3) is 0.250. The van der Waals surface area contributed by atoms with Crippen LogP contribution in [-0.2, 0) is 19.3 Å². The van der Waals surface area contributed by atoms with Gasteiger partial charge in [-0.15, -0.1) is 0 Å². The average molecular weight is 198 g/mol. The summed E-state index contributed by atoms with van der Waals surface area (Å²) in [6, 6.07) is 0. The number of carbonyl (C=O) groups is 1. The molecule has 0 saturated carbocycles. The average Bonchev–Trinajstić information content (AvgIpc) is 1.81. The summed E-state index contributed by atoms with van der Waals surface area (Å²) in [7, 11) is -3.96. The lowest BCUT2D eigenvalue weighted by Crippen LogP contribution is -2.36. The van der Waals surface area contributed by atoms with Gasteiger partial charge in [-0.25, -0.2) is 4.72 Å². The summed E-state index contributed by atoms with van der Waals surface area (Å²) in [5, 5.41) is -0.250. The molecule has 0 radical (unpaired) electrons. The van der Waals surface area contributed by atoms with E-state index in [1.807, 2.05) is 0 Å². The first-order valence-electron chi connectivity index (χ1n) is 2.55. The monoisotopic (exact) mass is 197 g/mol. The Kier molecular flexibility index (Phi) is 1.81. The van der Waals surface area contributed by atoms with Crippen molar-refractivity contribution in [3.8, 4) is 0 Å². The Balaban J connectivity index is 3.14. The van der Waals surface area contributed by atoms with E-state index in [0.29, 0.717) is 0 Å². The Morgan fingerprint density at radius 2 is 2.09 bits per heavy atom. The quantitative estimate of drug-likeness (QED) is 0.586. The lowest BCUT2D eigenvalue weighted by atomic mass is 10.4. The largest absolute Gasteiger partial charge is 0.409 e. The molecule has 0 aromatic carbocycles. The first-order chi connectivity index (χ1) is 4.92. The second-order valence-corrected chi connectivity index (χ2v) is 3.50. The lowest BCUT2D eigenvalue weighted by Gasteiger charge is -2.13. The van der Waals surface area contributed by atoms with Crippen LogP contribution >= 0.6 is 11.6 Å². The number of amides is 1. The molecule has 0 fully saturated rings. The molecule has 1 amide bonds. The molecule has 1 N–H and O–H groups in total. The summed E-state index contributed by atoms with van der Waals surface area (Å²) in [6.07, 6.45) is 0. The highest BCUT2D eigenvalue weighted by Crippen LogP contribution is 2.17. The van der Waals surface area contributed by atoms with Crippen LogP contribution in [0.1, 0.15) is 6.92 Å². The van der Waals surface area contributed by atoms with Gasteiger partial charge < -0.3 is 4.18 Å². The first-order valence-corrected chi connectivity index (χ1v) is 4.34. The van der Waals surface area contributed by atoms with Crippen LogP contribution in [0.3, 0.4) is 0 Å². The molecule has 0 spiro atoms. The minimum Gasteiger partial charge on any atom is -0.370 e. The highest BCUT2D eigenvalue weighted by atomic mass is 35.5. The van der Waals surface area contributed by atoms with E-state index in [1.165, 1.54) is 6.92 Å². The number of halogens is 1. The maximum atomic E-state index is 10.7. The van der Waals surface area contributed by atoms with Gasteiger partial charge in [0.1, 0.15) is 10.8 Å². The van der Waals surface area contributed by atoms with E-state index in [0.717, 1.165) is 0 Å². The zero-order valence-corrected chi connectivity index (χ0v) is 6.99. The first kappa shape index (κ1) is 8.35. The normalized spacial score (nSPS) is 22.5. The molecular weight excluding hydrogens is 194 g/mol. The topological polar surface area (TPSA) is 72.5 Å². The standard InChI is InChI=1S/C4H4ClNO4S/c1-2-3(5)4(7)6-11(8,9)10-2/h1H3,(H,6,7). The third-order valence-corrected chi connectivity index (χ3v) is 2.30. The molecule has 0 atom stereocenters. The van der Waals surface area contributed by atoms with Crippen LogP contribution in [0.25, 0.3) is 0 Å². The second kappa shape index (κ2) is 2.38. The van der Waals surface area contributed by atoms with Crippen molar-refractivity contribution in [1.82, 2.24) is 4.72 Å². The number of hydrogen-bond acceptors (Lipinski definition) is 4. The van der Waals surface area contributed by atoms with Gasteiger partial charge in [-0.3, -0.25) is 4.79 Å². The Bertz CT molecular complexity index is 330. The number of rotatable bonds is 0. The third kappa shape index (κ3) is 1.63. The van der Waals surface area contributed by atoms with E-state index in [1.54, 1.807) is 4.72 Å². The van der Waals surface area contributed by atoms with Crippen LogP contribution in [0.4, 0.5) is 0 Å². The van der Waals surface area contributed by atoms with Gasteiger partial charge in [0, 0.05) is 0 Å². The molecule has 1 aliphatic heterocycles. The molecule has 0 bridgehead atoms. The van der Waals surface area contributed by atoms with Crippen molar-refractivity contribution in [1.29, 1.82) is 0 Å². The van der Waals surface area contributed by atoms with E-state index in [-0.39, 0.29) is 10.8 Å². The van der Waals surface area contributed by atoms with Gasteiger partial charge in [-0.1, -0.05) is 11.6 Å². The van der Waals surface area contributed by atoms with Gasteiger partial charge in [-0.2, -0.15) is 8.42 Å². The van der Waals surface area contributed by atoms with Crippen molar-refractivity contribution in [2.24, 2.45) is 0 Å². The highest BCUT2D eigenvalue weighted by Gasteiger charge is 2.27. The van der Waals surface area contributed by atoms with Crippen LogP contribution in [0.2, 0.25) is 0 Å². The van der Waals surface area contributed by atoms with Gasteiger partial charge in [-0.05, 0) is 6.92 Å². The molecular formula is C4H4ClNO4S. The molecule has 1 rings (SSSR count). The summed E-state index contributed by atoms with van der Waals surface area (Å²) in [5.74, 6) is -0.981. The fourth-order valence-corrected chi connectivity index (χ4v) is 1.51. The van der Waals surface area contributed by atoms with Crippen LogP contribution in [0.15, 0.2) is 10.8 Å². The predicted octanol–water partition coefficient (Wildman–Crippen LogP) is -0.152. The summed E-state index contributed by atoms with van der Waals surface area (Å²) in [5.41, 5.74) is 0. The van der Waals surface area contributed by atoms with E-state index in [4.69, 9.17) is 11.6 Å². The van der Waals surface area contributed by atoms with Gasteiger partial charge in [0.15, 0.2) is 0 Å². The molecule has 1 aliphatic rings. The number of hydrogen-bond donors (Lipinski definition) is 1. The Morgan fingerprint density at radius 3 is 2.55 bits per heavy atom. The van der Waals surface area contributed by atoms with Crippen molar-refractivity contribution < 1.29 is 17.4 Å². The molecule has 0 unspecified atom stereocenters. The molecule has 5 nitrogen and oxygen atoms in total. The van der Waals surface area contributed by atoms with Crippen molar-refractivity contribution >= 4 is 27.8 Å². The number of nitrogens with one attached hydrogen (secondary N) is 1. The Morgan fingerprint density at radius 1 is 1.55 bits per heavy atom. The SMILES string of the molecule is CC1=C(Cl)C(=O)NS(=O)(=O)O1. The molecule has 0 aromatic rings. The van der Waals surface area contributed by atoms with E-state index in [9.17, 15) is 13.2 Å². The van der Waals surface area contributed by atoms with Crippen LogP contribution < -0.4 is 4.72 Å². The summed E-state index contributed by atoms with van der Waals surface area (Å²) in [4.78, 5) is 10.7. The number of carbonyl (C=O) groups excluding carboxylic acids is 1. The van der Waals surface area contributed by atoms with Gasteiger partial charge >= 0.3 is 10.3 Å². The maximum absolute atomic E-state index is 10.7. The van der Waals surface area contributed by atoms with Crippen molar-refractivity contribution in [3.05, 3.63) is 10.8 Å². The van der Waals surface area contributed by atoms with Crippen LogP contribution in [0, 0.1) is 0 Å². The van der Waals surface area contributed by atoms with Gasteiger partial charge in [0.25, 0.3) is 5.91 Å². The fourth-order valence-electron chi connectivity index (χ4n) is 0.540. The highest BCUT2D eigenvalue weighted by molar-refractivity contribution is 7.85. The maximum Gasteiger partial charge on any atom is 0.409 e. The minimum absolute atomic E-state index is 0.115. The molecule has 11 heavy (non-hydrogen) atoms. The summed E-state index contributed by atoms with van der Waals surface area (Å²) in [6.45, 7) is 1.29.